The highest BCUT2D eigenvalue weighted by molar-refractivity contribution is 6.34. The van der Waals surface area contributed by atoms with Crippen LogP contribution in [0, 0.1) is 16.0 Å². The molecule has 0 bridgehead atoms. The third-order valence-electron chi connectivity index (χ3n) is 6.35. The monoisotopic (exact) mass is 463 g/mol. The van der Waals surface area contributed by atoms with Gasteiger partial charge in [-0.2, -0.15) is 13.2 Å². The molecule has 0 saturated heterocycles. The van der Waals surface area contributed by atoms with E-state index in [-0.39, 0.29) is 47.6 Å². The molecule has 31 heavy (non-hydrogen) atoms. The molecular weight excluding hydrogens is 439 g/mol. The van der Waals surface area contributed by atoms with Gasteiger partial charge in [-0.15, -0.1) is 0 Å². The number of halogens is 4. The normalized spacial score (nSPS) is 23.2. The molecule has 0 spiro atoms. The zero-order valence-electron chi connectivity index (χ0n) is 17.2. The van der Waals surface area contributed by atoms with Crippen LogP contribution in [-0.2, 0) is 0 Å². The Morgan fingerprint density at radius 2 is 1.81 bits per heavy atom. The summed E-state index contributed by atoms with van der Waals surface area (Å²) in [5.74, 6) is -2.04. The number of nitrogens with zero attached hydrogens (tertiary/aromatic N) is 1. The van der Waals surface area contributed by atoms with Gasteiger partial charge in [0.2, 0.25) is 0 Å². The van der Waals surface area contributed by atoms with Crippen molar-refractivity contribution in [1.82, 2.24) is 5.32 Å². The van der Waals surface area contributed by atoms with E-state index in [9.17, 15) is 33.2 Å². The van der Waals surface area contributed by atoms with E-state index in [2.05, 4.69) is 10.6 Å². The topological polar surface area (TPSA) is 104 Å². The van der Waals surface area contributed by atoms with Crippen LogP contribution in [0.4, 0.5) is 24.5 Å². The van der Waals surface area contributed by atoms with Crippen molar-refractivity contribution in [3.05, 3.63) is 32.8 Å². The van der Waals surface area contributed by atoms with Crippen LogP contribution < -0.4 is 10.6 Å². The summed E-state index contributed by atoms with van der Waals surface area (Å²) in [5, 5.41) is 27.6. The maximum Gasteiger partial charge on any atom is 0.391 e. The van der Waals surface area contributed by atoms with E-state index in [0.29, 0.717) is 12.8 Å². The van der Waals surface area contributed by atoms with Crippen LogP contribution in [0.3, 0.4) is 0 Å². The molecule has 2 aliphatic carbocycles. The minimum atomic E-state index is -4.25. The first-order valence-corrected chi connectivity index (χ1v) is 10.5. The molecule has 11 heteroatoms. The van der Waals surface area contributed by atoms with Gasteiger partial charge in [-0.25, -0.2) is 0 Å². The fraction of sp³-hybridized carbons (Fsp3) is 0.650. The number of anilines is 1. The second-order valence-electron chi connectivity index (χ2n) is 8.94. The highest BCUT2D eigenvalue weighted by Gasteiger charge is 2.54. The molecule has 1 amide bonds. The minimum absolute atomic E-state index is 0.0267. The zero-order valence-corrected chi connectivity index (χ0v) is 17.9. The van der Waals surface area contributed by atoms with Crippen LogP contribution in [0.25, 0.3) is 0 Å². The number of carbonyl (C=O) groups is 1. The van der Waals surface area contributed by atoms with Crippen LogP contribution in [0.15, 0.2) is 12.1 Å². The van der Waals surface area contributed by atoms with Gasteiger partial charge in [0, 0.05) is 12.1 Å². The number of nitro groups is 1. The molecule has 1 aromatic carbocycles. The van der Waals surface area contributed by atoms with Gasteiger partial charge in [-0.1, -0.05) is 11.6 Å². The number of hydrogen-bond donors (Lipinski definition) is 3. The molecule has 3 N–H and O–H groups in total. The van der Waals surface area contributed by atoms with Crippen molar-refractivity contribution in [2.75, 3.05) is 5.32 Å². The van der Waals surface area contributed by atoms with Crippen LogP contribution in [0.1, 0.15) is 62.7 Å². The first kappa shape index (κ1) is 23.6. The van der Waals surface area contributed by atoms with Crippen molar-refractivity contribution in [3.8, 4) is 0 Å². The van der Waals surface area contributed by atoms with E-state index < -0.39 is 40.1 Å². The van der Waals surface area contributed by atoms with Crippen LogP contribution in [0.2, 0.25) is 5.02 Å². The first-order chi connectivity index (χ1) is 14.2. The van der Waals surface area contributed by atoms with Crippen LogP contribution in [-0.4, -0.2) is 39.3 Å². The summed E-state index contributed by atoms with van der Waals surface area (Å²) in [4.78, 5) is 23.6. The Morgan fingerprint density at radius 3 is 2.26 bits per heavy atom. The summed E-state index contributed by atoms with van der Waals surface area (Å²) in [5.41, 5.74) is -2.24. The van der Waals surface area contributed by atoms with Gasteiger partial charge in [0.05, 0.1) is 32.6 Å². The van der Waals surface area contributed by atoms with Gasteiger partial charge >= 0.3 is 6.18 Å². The lowest BCUT2D eigenvalue weighted by Gasteiger charge is -2.31. The molecule has 0 aliphatic heterocycles. The van der Waals surface area contributed by atoms with Crippen molar-refractivity contribution in [2.45, 2.75) is 75.7 Å². The summed E-state index contributed by atoms with van der Waals surface area (Å²) >= 11 is 6.23. The molecule has 0 aromatic heterocycles. The van der Waals surface area contributed by atoms with E-state index in [1.54, 1.807) is 13.8 Å². The largest absolute Gasteiger partial charge is 0.391 e. The highest BCUT2D eigenvalue weighted by atomic mass is 35.5. The number of nitro benzene ring substituents is 1. The second kappa shape index (κ2) is 8.12. The molecule has 0 atom stereocenters. The maximum absolute atomic E-state index is 12.8. The molecule has 0 unspecified atom stereocenters. The lowest BCUT2D eigenvalue weighted by atomic mass is 9.85. The average molecular weight is 464 g/mol. The fourth-order valence-corrected chi connectivity index (χ4v) is 4.34. The number of rotatable bonds is 6. The lowest BCUT2D eigenvalue weighted by molar-refractivity contribution is -0.384. The summed E-state index contributed by atoms with van der Waals surface area (Å²) in [7, 11) is 0. The number of amides is 1. The number of carbonyl (C=O) groups excluding carboxylic acids is 1. The Kier molecular flexibility index (Phi) is 6.18. The van der Waals surface area contributed by atoms with Gasteiger partial charge in [0.1, 0.15) is 5.69 Å². The minimum Gasteiger partial charge on any atom is -0.388 e. The van der Waals surface area contributed by atoms with Crippen molar-refractivity contribution < 1.29 is 28.0 Å². The molecule has 0 heterocycles. The van der Waals surface area contributed by atoms with E-state index in [0.717, 1.165) is 6.07 Å². The van der Waals surface area contributed by atoms with Gasteiger partial charge in [0.15, 0.2) is 0 Å². The molecule has 2 saturated carbocycles. The third kappa shape index (κ3) is 5.06. The zero-order chi connectivity index (χ0) is 23.2. The van der Waals surface area contributed by atoms with Crippen molar-refractivity contribution in [2.24, 2.45) is 5.92 Å². The van der Waals surface area contributed by atoms with Gasteiger partial charge in [-0.3, -0.25) is 14.9 Å². The molecule has 0 radical (unpaired) electrons. The van der Waals surface area contributed by atoms with Crippen LogP contribution >= 0.6 is 11.6 Å². The lowest BCUT2D eigenvalue weighted by Crippen LogP contribution is -2.44. The van der Waals surface area contributed by atoms with Crippen molar-refractivity contribution in [3.63, 3.8) is 0 Å². The smallest absolute Gasteiger partial charge is 0.388 e. The first-order valence-electron chi connectivity index (χ1n) is 10.1. The van der Waals surface area contributed by atoms with Crippen LogP contribution in [0.5, 0.6) is 0 Å². The summed E-state index contributed by atoms with van der Waals surface area (Å²) in [6, 6.07) is 1.88. The molecule has 2 aliphatic rings. The number of hydrogen-bond acceptors (Lipinski definition) is 5. The predicted octanol–water partition coefficient (Wildman–Crippen LogP) is 4.81. The second-order valence-corrected chi connectivity index (χ2v) is 9.34. The Hall–Kier alpha value is -2.07. The number of alkyl halides is 3. The SMILES string of the molecule is CC(C)(O)C1(Nc2cc(Cl)c(C(=O)NC3CCC(C(F)(F)F)CC3)cc2[N+](=O)[O-])CC1. The molecule has 172 valence electrons. The van der Waals surface area contributed by atoms with Crippen molar-refractivity contribution in [1.29, 1.82) is 0 Å². The Balaban J connectivity index is 1.76. The van der Waals surface area contributed by atoms with Gasteiger partial charge in [0.25, 0.3) is 11.6 Å². The molecule has 1 aromatic rings. The standard InChI is InChI=1S/C20H25ClF3N3O4/c1-18(2,29)19(7-8-19)26-15-10-14(21)13(9-16(15)27(30)31)17(28)25-12-5-3-11(4-6-12)20(22,23)24/h9-12,26,29H,3-8H2,1-2H3,(H,25,28). The van der Waals surface area contributed by atoms with Crippen molar-refractivity contribution >= 4 is 28.9 Å². The Morgan fingerprint density at radius 1 is 1.23 bits per heavy atom. The fourth-order valence-electron chi connectivity index (χ4n) is 4.09. The number of aliphatic hydroxyl groups is 1. The molecule has 7 nitrogen and oxygen atoms in total. The third-order valence-corrected chi connectivity index (χ3v) is 6.66. The van der Waals surface area contributed by atoms with E-state index in [1.807, 2.05) is 0 Å². The van der Waals surface area contributed by atoms with Gasteiger partial charge in [-0.05, 0) is 58.4 Å². The highest BCUT2D eigenvalue weighted by Crippen LogP contribution is 2.49. The quantitative estimate of drug-likeness (QED) is 0.414. The Labute approximate surface area is 182 Å². The average Bonchev–Trinajstić information content (AvgIpc) is 3.42. The van der Waals surface area contributed by atoms with E-state index in [4.69, 9.17) is 11.6 Å². The Bertz CT molecular complexity index is 874. The maximum atomic E-state index is 12.8. The molecule has 2 fully saturated rings. The van der Waals surface area contributed by atoms with E-state index in [1.165, 1.54) is 6.07 Å². The summed E-state index contributed by atoms with van der Waals surface area (Å²) in [6.07, 6.45) is -2.83. The molecule has 3 rings (SSSR count). The number of nitrogens with one attached hydrogen (secondary N) is 2. The van der Waals surface area contributed by atoms with E-state index >= 15 is 0 Å². The predicted molar refractivity (Wildman–Crippen MR) is 109 cm³/mol. The van der Waals surface area contributed by atoms with Gasteiger partial charge < -0.3 is 15.7 Å². The number of benzene rings is 1. The summed E-state index contributed by atoms with van der Waals surface area (Å²) in [6.45, 7) is 3.21. The molecular formula is C20H25ClF3N3O4. The summed E-state index contributed by atoms with van der Waals surface area (Å²) < 4.78 is 38.4.